The molecule has 4 heteroatoms. The quantitative estimate of drug-likeness (QED) is 0.810. The maximum absolute atomic E-state index is 12.1. The summed E-state index contributed by atoms with van der Waals surface area (Å²) in [6, 6.07) is 0.293. The van der Waals surface area contributed by atoms with Crippen molar-refractivity contribution in [1.29, 1.82) is 0 Å². The minimum atomic E-state index is -0.0906. The Hall–Kier alpha value is -0.610. The van der Waals surface area contributed by atoms with E-state index < -0.39 is 0 Å². The highest BCUT2D eigenvalue weighted by Gasteiger charge is 2.58. The van der Waals surface area contributed by atoms with Crippen LogP contribution in [0, 0.1) is 17.3 Å². The number of hydrogen-bond acceptors (Lipinski definition) is 3. The van der Waals surface area contributed by atoms with Gasteiger partial charge in [0.25, 0.3) is 0 Å². The highest BCUT2D eigenvalue weighted by atomic mass is 16.5. The van der Waals surface area contributed by atoms with Crippen LogP contribution in [0.25, 0.3) is 0 Å². The predicted octanol–water partition coefficient (Wildman–Crippen LogP) is 1.94. The molecule has 2 rings (SSSR count). The summed E-state index contributed by atoms with van der Waals surface area (Å²) < 4.78 is 5.93. The van der Waals surface area contributed by atoms with Gasteiger partial charge in [0.2, 0.25) is 5.91 Å². The number of ether oxygens (including phenoxy) is 1. The van der Waals surface area contributed by atoms with Gasteiger partial charge in [-0.15, -0.1) is 0 Å². The number of amides is 1. The number of fused-ring (bicyclic) bond motifs is 1. The maximum Gasteiger partial charge on any atom is 0.236 e. The molecule has 0 aromatic rings. The van der Waals surface area contributed by atoms with Crippen molar-refractivity contribution < 1.29 is 9.53 Å². The van der Waals surface area contributed by atoms with Crippen LogP contribution in [-0.2, 0) is 9.53 Å². The Balaban J connectivity index is 2.04. The Morgan fingerprint density at radius 1 is 1.40 bits per heavy atom. The molecule has 2 aliphatic rings. The first kappa shape index (κ1) is 15.8. The minimum absolute atomic E-state index is 0.0906. The fourth-order valence-corrected chi connectivity index (χ4v) is 3.97. The van der Waals surface area contributed by atoms with Crippen molar-refractivity contribution in [3.63, 3.8) is 0 Å². The molecule has 20 heavy (non-hydrogen) atoms. The zero-order valence-corrected chi connectivity index (χ0v) is 13.5. The maximum atomic E-state index is 12.1. The lowest BCUT2D eigenvalue weighted by Gasteiger charge is -2.60. The summed E-state index contributed by atoms with van der Waals surface area (Å²) in [5, 5.41) is 6.42. The number of likely N-dealkylation sites (N-methyl/N-ethyl adjacent to an activating group) is 1. The molecule has 0 spiro atoms. The van der Waals surface area contributed by atoms with Crippen molar-refractivity contribution in [1.82, 2.24) is 10.6 Å². The van der Waals surface area contributed by atoms with Crippen molar-refractivity contribution in [2.45, 2.75) is 65.1 Å². The summed E-state index contributed by atoms with van der Waals surface area (Å²) in [7, 11) is 1.72. The van der Waals surface area contributed by atoms with Gasteiger partial charge in [0.15, 0.2) is 0 Å². The molecular formula is C16H30N2O2. The molecule has 4 unspecified atom stereocenters. The molecule has 1 saturated heterocycles. The lowest BCUT2D eigenvalue weighted by atomic mass is 9.55. The summed E-state index contributed by atoms with van der Waals surface area (Å²) in [4.78, 5) is 12.1. The van der Waals surface area contributed by atoms with Gasteiger partial charge in [-0.1, -0.05) is 27.7 Å². The summed E-state index contributed by atoms with van der Waals surface area (Å²) in [6.07, 6.45) is 3.60. The Bertz CT molecular complexity index is 354. The van der Waals surface area contributed by atoms with Crippen LogP contribution in [0.5, 0.6) is 0 Å². The largest absolute Gasteiger partial charge is 0.377 e. The van der Waals surface area contributed by atoms with Gasteiger partial charge in [-0.25, -0.2) is 0 Å². The lowest BCUT2D eigenvalue weighted by molar-refractivity contribution is -0.195. The number of carbonyl (C=O) groups is 1. The average molecular weight is 282 g/mol. The van der Waals surface area contributed by atoms with E-state index in [0.717, 1.165) is 19.4 Å². The second kappa shape index (κ2) is 6.02. The molecule has 1 heterocycles. The molecule has 116 valence electrons. The number of rotatable bonds is 5. The van der Waals surface area contributed by atoms with E-state index in [2.05, 4.69) is 38.3 Å². The summed E-state index contributed by atoms with van der Waals surface area (Å²) in [6.45, 7) is 9.73. The minimum Gasteiger partial charge on any atom is -0.377 e. The predicted molar refractivity (Wildman–Crippen MR) is 80.5 cm³/mol. The zero-order chi connectivity index (χ0) is 14.9. The first-order valence-corrected chi connectivity index (χ1v) is 7.97. The monoisotopic (exact) mass is 282 g/mol. The normalized spacial score (nSPS) is 33.2. The highest BCUT2D eigenvalue weighted by molar-refractivity contribution is 5.81. The first-order valence-electron chi connectivity index (χ1n) is 7.97. The van der Waals surface area contributed by atoms with E-state index in [1.54, 1.807) is 7.05 Å². The molecule has 2 N–H and O–H groups in total. The van der Waals surface area contributed by atoms with E-state index in [9.17, 15) is 4.79 Å². The van der Waals surface area contributed by atoms with Gasteiger partial charge in [-0.05, 0) is 25.2 Å². The van der Waals surface area contributed by atoms with Crippen molar-refractivity contribution >= 4 is 5.91 Å². The fraction of sp³-hybridized carbons (Fsp3) is 0.938. The molecule has 0 aromatic heterocycles. The Morgan fingerprint density at radius 2 is 2.10 bits per heavy atom. The molecule has 0 radical (unpaired) electrons. The van der Waals surface area contributed by atoms with E-state index in [4.69, 9.17) is 4.74 Å². The van der Waals surface area contributed by atoms with E-state index >= 15 is 0 Å². The van der Waals surface area contributed by atoms with Crippen molar-refractivity contribution in [2.24, 2.45) is 17.3 Å². The van der Waals surface area contributed by atoms with Crippen LogP contribution < -0.4 is 10.6 Å². The fourth-order valence-electron chi connectivity index (χ4n) is 3.97. The first-order chi connectivity index (χ1) is 9.37. The molecule has 0 bridgehead atoms. The summed E-state index contributed by atoms with van der Waals surface area (Å²) >= 11 is 0. The molecule has 4 atom stereocenters. The van der Waals surface area contributed by atoms with Crippen LogP contribution in [-0.4, -0.2) is 37.7 Å². The van der Waals surface area contributed by atoms with Crippen LogP contribution >= 0.6 is 0 Å². The van der Waals surface area contributed by atoms with Gasteiger partial charge in [0, 0.05) is 31.0 Å². The molecule has 1 aliphatic heterocycles. The Kier molecular flexibility index (Phi) is 4.75. The number of nitrogens with one attached hydrogen (secondary N) is 2. The van der Waals surface area contributed by atoms with Gasteiger partial charge in [0.1, 0.15) is 0 Å². The summed E-state index contributed by atoms with van der Waals surface area (Å²) in [5.41, 5.74) is 0.119. The van der Waals surface area contributed by atoms with Gasteiger partial charge in [-0.2, -0.15) is 0 Å². The molecule has 1 saturated carbocycles. The van der Waals surface area contributed by atoms with Crippen LogP contribution in [0.4, 0.5) is 0 Å². The standard InChI is InChI=1S/C16H30N2O2/c1-10(2)9-12(15(19)17-5)18-13-11-7-6-8-20-14(11)16(13,3)4/h10-14,18H,6-9H2,1-5H3,(H,17,19). The summed E-state index contributed by atoms with van der Waals surface area (Å²) in [5.74, 6) is 1.18. The zero-order valence-electron chi connectivity index (χ0n) is 13.5. The van der Waals surface area contributed by atoms with Gasteiger partial charge in [-0.3, -0.25) is 4.79 Å². The number of hydrogen-bond donors (Lipinski definition) is 2. The number of carbonyl (C=O) groups excluding carboxylic acids is 1. The topological polar surface area (TPSA) is 50.4 Å². The highest BCUT2D eigenvalue weighted by Crippen LogP contribution is 2.51. The van der Waals surface area contributed by atoms with Gasteiger partial charge in [0.05, 0.1) is 12.1 Å². The average Bonchev–Trinajstić information content (AvgIpc) is 2.42. The van der Waals surface area contributed by atoms with E-state index in [0.29, 0.717) is 24.0 Å². The van der Waals surface area contributed by atoms with Crippen molar-refractivity contribution in [3.05, 3.63) is 0 Å². The van der Waals surface area contributed by atoms with E-state index in [1.165, 1.54) is 6.42 Å². The molecule has 1 amide bonds. The van der Waals surface area contributed by atoms with Crippen molar-refractivity contribution in [2.75, 3.05) is 13.7 Å². The Labute approximate surface area is 123 Å². The third-order valence-electron chi connectivity index (χ3n) is 4.98. The van der Waals surface area contributed by atoms with E-state index in [-0.39, 0.29) is 17.4 Å². The lowest BCUT2D eigenvalue weighted by Crippen LogP contribution is -2.71. The molecular weight excluding hydrogens is 252 g/mol. The molecule has 4 nitrogen and oxygen atoms in total. The van der Waals surface area contributed by atoms with Crippen LogP contribution in [0.3, 0.4) is 0 Å². The third kappa shape index (κ3) is 2.86. The third-order valence-corrected chi connectivity index (χ3v) is 4.98. The smallest absolute Gasteiger partial charge is 0.236 e. The SMILES string of the molecule is CNC(=O)C(CC(C)C)NC1C2CCCOC2C1(C)C. The van der Waals surface area contributed by atoms with Gasteiger partial charge >= 0.3 is 0 Å². The molecule has 1 aliphatic carbocycles. The Morgan fingerprint density at radius 3 is 2.70 bits per heavy atom. The van der Waals surface area contributed by atoms with Gasteiger partial charge < -0.3 is 15.4 Å². The molecule has 0 aromatic carbocycles. The van der Waals surface area contributed by atoms with E-state index in [1.807, 2.05) is 0 Å². The van der Waals surface area contributed by atoms with Crippen LogP contribution in [0.2, 0.25) is 0 Å². The van der Waals surface area contributed by atoms with Crippen molar-refractivity contribution in [3.8, 4) is 0 Å². The van der Waals surface area contributed by atoms with Crippen LogP contribution in [0.1, 0.15) is 47.0 Å². The van der Waals surface area contributed by atoms with Crippen LogP contribution in [0.15, 0.2) is 0 Å². The second-order valence-corrected chi connectivity index (χ2v) is 7.36. The second-order valence-electron chi connectivity index (χ2n) is 7.36. The molecule has 2 fully saturated rings.